The van der Waals surface area contributed by atoms with Crippen LogP contribution in [0.15, 0.2) is 36.5 Å². The van der Waals surface area contributed by atoms with E-state index in [1.807, 2.05) is 0 Å². The van der Waals surface area contributed by atoms with Gasteiger partial charge in [-0.05, 0) is 18.2 Å². The monoisotopic (exact) mass is 238 g/mol. The zero-order valence-electron chi connectivity index (χ0n) is 8.15. The third-order valence-corrected chi connectivity index (χ3v) is 2.11. The number of para-hydroxylation sites is 2. The fourth-order valence-corrected chi connectivity index (χ4v) is 1.30. The molecule has 0 aliphatic heterocycles. The molecule has 0 amide bonds. The van der Waals surface area contributed by atoms with Gasteiger partial charge in [0.15, 0.2) is 11.6 Å². The van der Waals surface area contributed by atoms with Gasteiger partial charge in [0.2, 0.25) is 0 Å². The van der Waals surface area contributed by atoms with Crippen LogP contribution in [0.3, 0.4) is 0 Å². The van der Waals surface area contributed by atoms with E-state index in [1.54, 1.807) is 24.3 Å². The Morgan fingerprint density at radius 3 is 2.75 bits per heavy atom. The molecule has 0 saturated heterocycles. The van der Waals surface area contributed by atoms with Crippen LogP contribution >= 0.6 is 11.6 Å². The second-order valence-electron chi connectivity index (χ2n) is 3.08. The van der Waals surface area contributed by atoms with Gasteiger partial charge in [-0.2, -0.15) is 0 Å². The number of pyridine rings is 1. The van der Waals surface area contributed by atoms with Crippen molar-refractivity contribution in [2.45, 2.75) is 0 Å². The highest BCUT2D eigenvalue weighted by Crippen LogP contribution is 2.27. The second kappa shape index (κ2) is 4.37. The van der Waals surface area contributed by atoms with Crippen LogP contribution in [-0.4, -0.2) is 4.98 Å². The maximum Gasteiger partial charge on any atom is 0.256 e. The molecule has 82 valence electrons. The molecular weight excluding hydrogens is 231 g/mol. The maximum absolute atomic E-state index is 13.4. The van der Waals surface area contributed by atoms with Gasteiger partial charge in [0.1, 0.15) is 0 Å². The van der Waals surface area contributed by atoms with Gasteiger partial charge >= 0.3 is 0 Å². The smallest absolute Gasteiger partial charge is 0.256 e. The van der Waals surface area contributed by atoms with Crippen LogP contribution in [0.4, 0.5) is 10.1 Å². The van der Waals surface area contributed by atoms with E-state index in [-0.39, 0.29) is 10.9 Å². The number of ether oxygens (including phenoxy) is 1. The first kappa shape index (κ1) is 10.7. The van der Waals surface area contributed by atoms with E-state index in [0.717, 1.165) is 6.07 Å². The summed E-state index contributed by atoms with van der Waals surface area (Å²) in [7, 11) is 0. The Bertz CT molecular complexity index is 519. The fourth-order valence-electron chi connectivity index (χ4n) is 1.15. The molecular formula is C11H8ClFN2O. The zero-order chi connectivity index (χ0) is 11.5. The number of halogens is 2. The first-order chi connectivity index (χ1) is 7.66. The van der Waals surface area contributed by atoms with E-state index in [2.05, 4.69) is 4.98 Å². The minimum atomic E-state index is -0.629. The summed E-state index contributed by atoms with van der Waals surface area (Å²) >= 11 is 5.57. The number of hydrogen-bond acceptors (Lipinski definition) is 3. The standard InChI is InChI=1S/C11H8ClFN2O/c12-7-5-8(13)11(15-6-7)16-10-4-2-1-3-9(10)14/h1-6H,14H2. The largest absolute Gasteiger partial charge is 0.434 e. The Morgan fingerprint density at radius 1 is 1.31 bits per heavy atom. The molecule has 0 bridgehead atoms. The highest BCUT2D eigenvalue weighted by Gasteiger charge is 2.08. The van der Waals surface area contributed by atoms with Gasteiger partial charge in [-0.3, -0.25) is 0 Å². The first-order valence-corrected chi connectivity index (χ1v) is 4.88. The van der Waals surface area contributed by atoms with Gasteiger partial charge in [0.25, 0.3) is 5.88 Å². The summed E-state index contributed by atoms with van der Waals surface area (Å²) in [5.41, 5.74) is 6.06. The molecule has 1 aromatic carbocycles. The van der Waals surface area contributed by atoms with Crippen molar-refractivity contribution >= 4 is 17.3 Å². The van der Waals surface area contributed by atoms with E-state index >= 15 is 0 Å². The molecule has 1 heterocycles. The molecule has 0 aliphatic rings. The molecule has 0 fully saturated rings. The molecule has 16 heavy (non-hydrogen) atoms. The number of nitrogens with two attached hydrogens (primary N) is 1. The van der Waals surface area contributed by atoms with Crippen molar-refractivity contribution in [2.75, 3.05) is 5.73 Å². The zero-order valence-corrected chi connectivity index (χ0v) is 8.91. The van der Waals surface area contributed by atoms with Crippen LogP contribution in [-0.2, 0) is 0 Å². The van der Waals surface area contributed by atoms with Crippen LogP contribution in [0.2, 0.25) is 5.02 Å². The van der Waals surface area contributed by atoms with E-state index < -0.39 is 5.82 Å². The third kappa shape index (κ3) is 2.23. The Kier molecular flexibility index (Phi) is 2.92. The van der Waals surface area contributed by atoms with Gasteiger partial charge in [0.05, 0.1) is 10.7 Å². The highest BCUT2D eigenvalue weighted by molar-refractivity contribution is 6.30. The number of nitrogen functional groups attached to an aromatic ring is 1. The van der Waals surface area contributed by atoms with Gasteiger partial charge in [0, 0.05) is 6.20 Å². The molecule has 0 radical (unpaired) electrons. The van der Waals surface area contributed by atoms with Crippen molar-refractivity contribution in [3.05, 3.63) is 47.4 Å². The Balaban J connectivity index is 2.31. The van der Waals surface area contributed by atoms with Crippen molar-refractivity contribution in [3.8, 4) is 11.6 Å². The van der Waals surface area contributed by atoms with Crippen molar-refractivity contribution in [2.24, 2.45) is 0 Å². The van der Waals surface area contributed by atoms with Gasteiger partial charge in [-0.25, -0.2) is 9.37 Å². The molecule has 1 aromatic heterocycles. The molecule has 0 atom stereocenters. The second-order valence-corrected chi connectivity index (χ2v) is 3.52. The minimum Gasteiger partial charge on any atom is -0.434 e. The number of anilines is 1. The Hall–Kier alpha value is -1.81. The van der Waals surface area contributed by atoms with E-state index in [9.17, 15) is 4.39 Å². The third-order valence-electron chi connectivity index (χ3n) is 1.90. The van der Waals surface area contributed by atoms with Gasteiger partial charge in [-0.1, -0.05) is 23.7 Å². The summed E-state index contributed by atoms with van der Waals surface area (Å²) in [6, 6.07) is 7.91. The number of nitrogens with zero attached hydrogens (tertiary/aromatic N) is 1. The van der Waals surface area contributed by atoms with E-state index in [4.69, 9.17) is 22.1 Å². The molecule has 0 unspecified atom stereocenters. The SMILES string of the molecule is Nc1ccccc1Oc1ncc(Cl)cc1F. The summed E-state index contributed by atoms with van der Waals surface area (Å²) < 4.78 is 18.6. The lowest BCUT2D eigenvalue weighted by Crippen LogP contribution is -1.95. The lowest BCUT2D eigenvalue weighted by atomic mass is 10.3. The van der Waals surface area contributed by atoms with Crippen LogP contribution in [0.5, 0.6) is 11.6 Å². The summed E-state index contributed by atoms with van der Waals surface area (Å²) in [6.07, 6.45) is 1.30. The van der Waals surface area contributed by atoms with Crippen molar-refractivity contribution < 1.29 is 9.13 Å². The molecule has 3 nitrogen and oxygen atoms in total. The van der Waals surface area contributed by atoms with Crippen LogP contribution in [0, 0.1) is 5.82 Å². The summed E-state index contributed by atoms with van der Waals surface area (Å²) in [5, 5.41) is 0.214. The molecule has 2 aromatic rings. The summed E-state index contributed by atoms with van der Waals surface area (Å²) in [6.45, 7) is 0. The fraction of sp³-hybridized carbons (Fsp3) is 0. The van der Waals surface area contributed by atoms with Gasteiger partial charge < -0.3 is 10.5 Å². The predicted octanol–water partition coefficient (Wildman–Crippen LogP) is 3.25. The normalized spacial score (nSPS) is 10.1. The Labute approximate surface area is 96.6 Å². The number of aromatic nitrogens is 1. The lowest BCUT2D eigenvalue weighted by molar-refractivity contribution is 0.424. The van der Waals surface area contributed by atoms with Crippen LogP contribution in [0.25, 0.3) is 0 Å². The van der Waals surface area contributed by atoms with Crippen molar-refractivity contribution in [3.63, 3.8) is 0 Å². The molecule has 0 aliphatic carbocycles. The van der Waals surface area contributed by atoms with Crippen molar-refractivity contribution in [1.82, 2.24) is 4.98 Å². The molecule has 2 N–H and O–H groups in total. The molecule has 0 spiro atoms. The molecule has 2 rings (SSSR count). The van der Waals surface area contributed by atoms with Crippen LogP contribution in [0.1, 0.15) is 0 Å². The number of benzene rings is 1. The summed E-state index contributed by atoms with van der Waals surface area (Å²) in [5.74, 6) is -0.422. The van der Waals surface area contributed by atoms with E-state index in [1.165, 1.54) is 6.20 Å². The quantitative estimate of drug-likeness (QED) is 0.817. The topological polar surface area (TPSA) is 48.1 Å². The predicted molar refractivity (Wildman–Crippen MR) is 60.1 cm³/mol. The number of rotatable bonds is 2. The minimum absolute atomic E-state index is 0.151. The maximum atomic E-state index is 13.4. The first-order valence-electron chi connectivity index (χ1n) is 4.50. The Morgan fingerprint density at radius 2 is 2.06 bits per heavy atom. The van der Waals surface area contributed by atoms with Crippen LogP contribution < -0.4 is 10.5 Å². The molecule has 5 heteroatoms. The lowest BCUT2D eigenvalue weighted by Gasteiger charge is -2.07. The molecule has 0 saturated carbocycles. The van der Waals surface area contributed by atoms with Gasteiger partial charge in [-0.15, -0.1) is 0 Å². The average molecular weight is 239 g/mol. The highest BCUT2D eigenvalue weighted by atomic mass is 35.5. The average Bonchev–Trinajstić information content (AvgIpc) is 2.25. The van der Waals surface area contributed by atoms with Crippen molar-refractivity contribution in [1.29, 1.82) is 0 Å². The van der Waals surface area contributed by atoms with E-state index in [0.29, 0.717) is 11.4 Å². The number of hydrogen-bond donors (Lipinski definition) is 1. The summed E-state index contributed by atoms with van der Waals surface area (Å²) in [4.78, 5) is 3.73.